The van der Waals surface area contributed by atoms with E-state index in [1.165, 1.54) is 11.3 Å². The molecule has 0 aliphatic carbocycles. The van der Waals surface area contributed by atoms with Crippen molar-refractivity contribution in [3.8, 4) is 0 Å². The lowest BCUT2D eigenvalue weighted by Crippen LogP contribution is -2.22. The van der Waals surface area contributed by atoms with Gasteiger partial charge in [0.25, 0.3) is 5.56 Å². The molecule has 0 aliphatic rings. The first-order chi connectivity index (χ1) is 11.9. The molecule has 0 bridgehead atoms. The minimum absolute atomic E-state index is 0.0348. The van der Waals surface area contributed by atoms with Crippen molar-refractivity contribution in [3.05, 3.63) is 75.8 Å². The largest absolute Gasteiger partial charge is 0.378 e. The van der Waals surface area contributed by atoms with Crippen molar-refractivity contribution in [2.45, 2.75) is 20.0 Å². The van der Waals surface area contributed by atoms with E-state index in [4.69, 9.17) is 0 Å². The normalized spacial score (nSPS) is 11.2. The molecule has 0 saturated carbocycles. The van der Waals surface area contributed by atoms with Gasteiger partial charge in [0.2, 0.25) is 0 Å². The molecule has 2 aromatic heterocycles. The molecule has 0 aliphatic heterocycles. The lowest BCUT2D eigenvalue weighted by atomic mass is 10.2. The summed E-state index contributed by atoms with van der Waals surface area (Å²) in [7, 11) is 6.11. The van der Waals surface area contributed by atoms with Crippen LogP contribution in [0.1, 0.15) is 16.8 Å². The third-order valence-corrected chi connectivity index (χ3v) is 4.20. The Kier molecular flexibility index (Phi) is 4.86. The lowest BCUT2D eigenvalue weighted by Gasteiger charge is -2.18. The number of rotatable bonds is 5. The lowest BCUT2D eigenvalue weighted by molar-refractivity contribution is 0.315. The van der Waals surface area contributed by atoms with Crippen molar-refractivity contribution in [2.75, 3.05) is 26.0 Å². The van der Waals surface area contributed by atoms with Crippen LogP contribution in [-0.4, -0.2) is 35.4 Å². The SMILES string of the molecule is Cc1ccc2nc(CN(C)Cc3ccc(N(C)C)cc3)cc(=O)n2c1. The van der Waals surface area contributed by atoms with Crippen molar-refractivity contribution in [2.24, 2.45) is 0 Å². The Labute approximate surface area is 148 Å². The Balaban J connectivity index is 1.74. The first kappa shape index (κ1) is 17.2. The highest BCUT2D eigenvalue weighted by Crippen LogP contribution is 2.14. The Hall–Kier alpha value is -2.66. The molecular weight excluding hydrogens is 312 g/mol. The number of hydrogen-bond acceptors (Lipinski definition) is 4. The van der Waals surface area contributed by atoms with Crippen LogP contribution in [0.25, 0.3) is 5.65 Å². The van der Waals surface area contributed by atoms with Gasteiger partial charge in [-0.2, -0.15) is 0 Å². The maximum absolute atomic E-state index is 12.3. The number of aromatic nitrogens is 2. The van der Waals surface area contributed by atoms with Crippen molar-refractivity contribution >= 4 is 11.3 Å². The van der Waals surface area contributed by atoms with E-state index in [2.05, 4.69) is 39.0 Å². The summed E-state index contributed by atoms with van der Waals surface area (Å²) >= 11 is 0. The summed E-state index contributed by atoms with van der Waals surface area (Å²) in [5.41, 5.74) is 4.92. The van der Waals surface area contributed by atoms with Crippen molar-refractivity contribution < 1.29 is 0 Å². The van der Waals surface area contributed by atoms with E-state index in [1.807, 2.05) is 46.4 Å². The smallest absolute Gasteiger partial charge is 0.258 e. The number of nitrogens with zero attached hydrogens (tertiary/aromatic N) is 4. The molecule has 0 N–H and O–H groups in total. The van der Waals surface area contributed by atoms with Crippen LogP contribution >= 0.6 is 0 Å². The second kappa shape index (κ2) is 7.07. The Morgan fingerprint density at radius 1 is 1.00 bits per heavy atom. The summed E-state index contributed by atoms with van der Waals surface area (Å²) < 4.78 is 1.60. The maximum atomic E-state index is 12.3. The summed E-state index contributed by atoms with van der Waals surface area (Å²) in [6.07, 6.45) is 1.82. The maximum Gasteiger partial charge on any atom is 0.258 e. The molecule has 0 spiro atoms. The van der Waals surface area contributed by atoms with Crippen molar-refractivity contribution in [1.29, 1.82) is 0 Å². The minimum Gasteiger partial charge on any atom is -0.378 e. The van der Waals surface area contributed by atoms with Crippen LogP contribution in [0, 0.1) is 6.92 Å². The molecule has 5 nitrogen and oxygen atoms in total. The fourth-order valence-corrected chi connectivity index (χ4v) is 2.88. The molecule has 1 aromatic carbocycles. The third kappa shape index (κ3) is 4.06. The molecule has 0 atom stereocenters. The van der Waals surface area contributed by atoms with E-state index in [0.717, 1.165) is 17.8 Å². The highest BCUT2D eigenvalue weighted by Gasteiger charge is 2.07. The fourth-order valence-electron chi connectivity index (χ4n) is 2.88. The number of hydrogen-bond donors (Lipinski definition) is 0. The van der Waals surface area contributed by atoms with Gasteiger partial charge in [0.15, 0.2) is 0 Å². The van der Waals surface area contributed by atoms with E-state index in [0.29, 0.717) is 12.2 Å². The third-order valence-electron chi connectivity index (χ3n) is 4.20. The highest BCUT2D eigenvalue weighted by molar-refractivity contribution is 5.46. The predicted octanol–water partition coefficient (Wildman–Crippen LogP) is 2.70. The summed E-state index contributed by atoms with van der Waals surface area (Å²) in [5.74, 6) is 0. The molecular formula is C20H24N4O. The molecule has 0 saturated heterocycles. The number of fused-ring (bicyclic) bond motifs is 1. The van der Waals surface area contributed by atoms with Gasteiger partial charge in [-0.25, -0.2) is 4.98 Å². The van der Waals surface area contributed by atoms with Gasteiger partial charge in [-0.1, -0.05) is 18.2 Å². The second-order valence-electron chi connectivity index (χ2n) is 6.75. The highest BCUT2D eigenvalue weighted by atomic mass is 16.1. The molecule has 3 rings (SSSR count). The van der Waals surface area contributed by atoms with Gasteiger partial charge in [0, 0.05) is 45.1 Å². The van der Waals surface area contributed by atoms with E-state index in [1.54, 1.807) is 10.5 Å². The molecule has 2 heterocycles. The molecule has 25 heavy (non-hydrogen) atoms. The van der Waals surface area contributed by atoms with Crippen LogP contribution in [0.2, 0.25) is 0 Å². The van der Waals surface area contributed by atoms with E-state index < -0.39 is 0 Å². The summed E-state index contributed by atoms with van der Waals surface area (Å²) in [4.78, 5) is 21.2. The van der Waals surface area contributed by atoms with Crippen LogP contribution in [0.15, 0.2) is 53.5 Å². The number of pyridine rings is 1. The van der Waals surface area contributed by atoms with Crippen LogP contribution < -0.4 is 10.5 Å². The molecule has 5 heteroatoms. The van der Waals surface area contributed by atoms with E-state index in [-0.39, 0.29) is 5.56 Å². The first-order valence-corrected chi connectivity index (χ1v) is 8.36. The van der Waals surface area contributed by atoms with Gasteiger partial charge in [-0.3, -0.25) is 14.1 Å². The monoisotopic (exact) mass is 336 g/mol. The topological polar surface area (TPSA) is 40.9 Å². The van der Waals surface area contributed by atoms with Gasteiger partial charge in [0.05, 0.1) is 5.69 Å². The van der Waals surface area contributed by atoms with Gasteiger partial charge in [-0.05, 0) is 43.3 Å². The zero-order valence-corrected chi connectivity index (χ0v) is 15.2. The van der Waals surface area contributed by atoms with Crippen molar-refractivity contribution in [1.82, 2.24) is 14.3 Å². The van der Waals surface area contributed by atoms with Gasteiger partial charge < -0.3 is 4.90 Å². The Bertz CT molecular complexity index is 929. The predicted molar refractivity (Wildman–Crippen MR) is 102 cm³/mol. The average molecular weight is 336 g/mol. The van der Waals surface area contributed by atoms with Crippen LogP contribution in [-0.2, 0) is 13.1 Å². The molecule has 0 unspecified atom stereocenters. The van der Waals surface area contributed by atoms with Gasteiger partial charge >= 0.3 is 0 Å². The molecule has 130 valence electrons. The quantitative estimate of drug-likeness (QED) is 0.718. The Morgan fingerprint density at radius 2 is 1.72 bits per heavy atom. The molecule has 0 amide bonds. The number of benzene rings is 1. The van der Waals surface area contributed by atoms with Crippen molar-refractivity contribution in [3.63, 3.8) is 0 Å². The standard InChI is InChI=1S/C20H24N4O/c1-15-5-10-19-21-17(11-20(25)24(19)12-15)14-23(4)13-16-6-8-18(9-7-16)22(2)3/h5-12H,13-14H2,1-4H3. The van der Waals surface area contributed by atoms with Crippen LogP contribution in [0.5, 0.6) is 0 Å². The van der Waals surface area contributed by atoms with Crippen LogP contribution in [0.3, 0.4) is 0 Å². The van der Waals surface area contributed by atoms with E-state index >= 15 is 0 Å². The average Bonchev–Trinajstić information content (AvgIpc) is 2.56. The zero-order valence-electron chi connectivity index (χ0n) is 15.2. The fraction of sp³-hybridized carbons (Fsp3) is 0.300. The number of anilines is 1. The molecule has 0 radical (unpaired) electrons. The molecule has 0 fully saturated rings. The second-order valence-corrected chi connectivity index (χ2v) is 6.75. The first-order valence-electron chi connectivity index (χ1n) is 8.36. The summed E-state index contributed by atoms with van der Waals surface area (Å²) in [6.45, 7) is 3.41. The Morgan fingerprint density at radius 3 is 2.40 bits per heavy atom. The van der Waals surface area contributed by atoms with Crippen LogP contribution in [0.4, 0.5) is 5.69 Å². The van der Waals surface area contributed by atoms with Gasteiger partial charge in [0.1, 0.15) is 5.65 Å². The van der Waals surface area contributed by atoms with Gasteiger partial charge in [-0.15, -0.1) is 0 Å². The molecule has 3 aromatic rings. The van der Waals surface area contributed by atoms with E-state index in [9.17, 15) is 4.79 Å². The number of aryl methyl sites for hydroxylation is 1. The summed E-state index contributed by atoms with van der Waals surface area (Å²) in [6, 6.07) is 14.0. The minimum atomic E-state index is -0.0348. The summed E-state index contributed by atoms with van der Waals surface area (Å²) in [5, 5.41) is 0. The zero-order chi connectivity index (χ0) is 18.0.